The number of nitrogens with two attached hydrogens (primary N) is 1. The fraction of sp³-hybridized carbons (Fsp3) is 0.222. The summed E-state index contributed by atoms with van der Waals surface area (Å²) >= 11 is 0. The minimum absolute atomic E-state index is 0.106. The Balaban J connectivity index is 2.48. The molecule has 0 saturated heterocycles. The molecule has 4 heteroatoms. The van der Waals surface area contributed by atoms with E-state index in [1.165, 1.54) is 0 Å². The number of para-hydroxylation sites is 1. The number of hydrogen-bond donors (Lipinski definition) is 2. The molecule has 0 bridgehead atoms. The van der Waals surface area contributed by atoms with Gasteiger partial charge in [-0.2, -0.15) is 0 Å². The van der Waals surface area contributed by atoms with Crippen LogP contribution in [0.25, 0.3) is 0 Å². The number of hydrogen-bond acceptors (Lipinski definition) is 2. The summed E-state index contributed by atoms with van der Waals surface area (Å²) < 4.78 is 0. The molecule has 4 nitrogen and oxygen atoms in total. The Labute approximate surface area is 76.3 Å². The number of carbonyl (C=O) groups is 1. The van der Waals surface area contributed by atoms with Gasteiger partial charge >= 0.3 is 6.03 Å². The van der Waals surface area contributed by atoms with Crippen LogP contribution < -0.4 is 11.1 Å². The topological polar surface area (TPSA) is 58.4 Å². The largest absolute Gasteiger partial charge is 0.397 e. The molecule has 3 N–H and O–H groups in total. The molecule has 2 rings (SSSR count). The van der Waals surface area contributed by atoms with Crippen LogP contribution in [-0.2, 0) is 6.54 Å². The highest BCUT2D eigenvalue weighted by atomic mass is 16.2. The zero-order valence-corrected chi connectivity index (χ0v) is 7.37. The Kier molecular flexibility index (Phi) is 1.62. The van der Waals surface area contributed by atoms with Crippen LogP contribution in [0.1, 0.15) is 5.56 Å². The highest BCUT2D eigenvalue weighted by Gasteiger charge is 2.20. The maximum atomic E-state index is 11.3. The average molecular weight is 177 g/mol. The molecule has 0 unspecified atom stereocenters. The van der Waals surface area contributed by atoms with Gasteiger partial charge in [0.25, 0.3) is 0 Å². The lowest BCUT2D eigenvalue weighted by molar-refractivity contribution is 0.218. The van der Waals surface area contributed by atoms with Crippen molar-refractivity contribution in [2.75, 3.05) is 18.1 Å². The second kappa shape index (κ2) is 2.65. The van der Waals surface area contributed by atoms with Crippen LogP contribution >= 0.6 is 0 Å². The number of fused-ring (bicyclic) bond motifs is 1. The Morgan fingerprint density at radius 2 is 2.31 bits per heavy atom. The van der Waals surface area contributed by atoms with Crippen LogP contribution in [0, 0.1) is 0 Å². The molecule has 1 aromatic rings. The maximum absolute atomic E-state index is 11.3. The van der Waals surface area contributed by atoms with E-state index in [4.69, 9.17) is 5.73 Å². The summed E-state index contributed by atoms with van der Waals surface area (Å²) in [6, 6.07) is 5.52. The third kappa shape index (κ3) is 1.20. The number of benzene rings is 1. The molecular formula is C9H11N3O. The minimum Gasteiger partial charge on any atom is -0.397 e. The van der Waals surface area contributed by atoms with Crippen molar-refractivity contribution in [3.8, 4) is 0 Å². The molecule has 0 atom stereocenters. The van der Waals surface area contributed by atoms with Gasteiger partial charge in [-0.3, -0.25) is 0 Å². The lowest BCUT2D eigenvalue weighted by atomic mass is 10.1. The number of nitrogens with one attached hydrogen (secondary N) is 1. The minimum atomic E-state index is -0.106. The zero-order chi connectivity index (χ0) is 9.42. The zero-order valence-electron chi connectivity index (χ0n) is 7.37. The van der Waals surface area contributed by atoms with Gasteiger partial charge in [-0.1, -0.05) is 12.1 Å². The number of rotatable bonds is 0. The van der Waals surface area contributed by atoms with Gasteiger partial charge in [0, 0.05) is 13.6 Å². The molecule has 2 amide bonds. The lowest BCUT2D eigenvalue weighted by Gasteiger charge is -2.26. The first kappa shape index (κ1) is 7.91. The molecule has 0 spiro atoms. The standard InChI is InChI=1S/C9H11N3O/c1-12-5-6-3-2-4-7(10)8(6)11-9(12)13/h2-4H,5,10H2,1H3,(H,11,13). The van der Waals surface area contributed by atoms with Gasteiger partial charge in [-0.05, 0) is 11.6 Å². The van der Waals surface area contributed by atoms with Crippen molar-refractivity contribution in [3.05, 3.63) is 23.8 Å². The van der Waals surface area contributed by atoms with Gasteiger partial charge in [0.15, 0.2) is 0 Å². The van der Waals surface area contributed by atoms with Crippen molar-refractivity contribution in [3.63, 3.8) is 0 Å². The number of urea groups is 1. The Bertz CT molecular complexity index is 362. The van der Waals surface area contributed by atoms with Gasteiger partial charge in [0.1, 0.15) is 0 Å². The molecule has 0 saturated carbocycles. The second-order valence-electron chi connectivity index (χ2n) is 3.17. The number of nitrogens with zero attached hydrogens (tertiary/aromatic N) is 1. The van der Waals surface area contributed by atoms with E-state index >= 15 is 0 Å². The molecular weight excluding hydrogens is 166 g/mol. The van der Waals surface area contributed by atoms with Gasteiger partial charge in [-0.15, -0.1) is 0 Å². The normalized spacial score (nSPS) is 15.2. The second-order valence-corrected chi connectivity index (χ2v) is 3.17. The van der Waals surface area contributed by atoms with Crippen LogP contribution in [0.3, 0.4) is 0 Å². The van der Waals surface area contributed by atoms with Crippen LogP contribution in [0.15, 0.2) is 18.2 Å². The molecule has 0 fully saturated rings. The van der Waals surface area contributed by atoms with E-state index in [1.54, 1.807) is 18.0 Å². The number of amides is 2. The smallest absolute Gasteiger partial charge is 0.321 e. The van der Waals surface area contributed by atoms with E-state index in [1.807, 2.05) is 12.1 Å². The first-order valence-corrected chi connectivity index (χ1v) is 4.08. The first-order valence-electron chi connectivity index (χ1n) is 4.08. The lowest BCUT2D eigenvalue weighted by Crippen LogP contribution is -2.35. The maximum Gasteiger partial charge on any atom is 0.321 e. The summed E-state index contributed by atoms with van der Waals surface area (Å²) in [6.45, 7) is 0.617. The summed E-state index contributed by atoms with van der Waals surface area (Å²) in [6.07, 6.45) is 0. The number of nitrogen functional groups attached to an aromatic ring is 1. The molecule has 13 heavy (non-hydrogen) atoms. The van der Waals surface area contributed by atoms with E-state index in [9.17, 15) is 4.79 Å². The molecule has 1 aliphatic heterocycles. The number of carbonyl (C=O) groups excluding carboxylic acids is 1. The van der Waals surface area contributed by atoms with Gasteiger partial charge < -0.3 is 16.0 Å². The molecule has 0 radical (unpaired) electrons. The van der Waals surface area contributed by atoms with Crippen LogP contribution in [0.2, 0.25) is 0 Å². The molecule has 68 valence electrons. The number of anilines is 2. The molecule has 1 heterocycles. The third-order valence-corrected chi connectivity index (χ3v) is 2.17. The highest BCUT2D eigenvalue weighted by molar-refractivity contribution is 5.95. The third-order valence-electron chi connectivity index (χ3n) is 2.17. The van der Waals surface area contributed by atoms with E-state index < -0.39 is 0 Å². The van der Waals surface area contributed by atoms with Crippen molar-refractivity contribution in [2.45, 2.75) is 6.54 Å². The molecule has 1 aromatic carbocycles. The quantitative estimate of drug-likeness (QED) is 0.586. The Morgan fingerprint density at radius 1 is 1.54 bits per heavy atom. The van der Waals surface area contributed by atoms with Crippen LogP contribution in [0.4, 0.5) is 16.2 Å². The van der Waals surface area contributed by atoms with Gasteiger partial charge in [0.2, 0.25) is 0 Å². The van der Waals surface area contributed by atoms with Crippen LogP contribution in [0.5, 0.6) is 0 Å². The SMILES string of the molecule is CN1Cc2cccc(N)c2NC1=O. The summed E-state index contributed by atoms with van der Waals surface area (Å²) in [5, 5.41) is 2.74. The first-order chi connectivity index (χ1) is 6.18. The van der Waals surface area contributed by atoms with Gasteiger partial charge in [-0.25, -0.2) is 4.79 Å². The molecule has 0 aliphatic carbocycles. The van der Waals surface area contributed by atoms with Crippen molar-refractivity contribution in [2.24, 2.45) is 0 Å². The van der Waals surface area contributed by atoms with Crippen molar-refractivity contribution in [1.82, 2.24) is 4.90 Å². The van der Waals surface area contributed by atoms with E-state index in [2.05, 4.69) is 5.32 Å². The van der Waals surface area contributed by atoms with Gasteiger partial charge in [0.05, 0.1) is 11.4 Å². The summed E-state index contributed by atoms with van der Waals surface area (Å²) in [5.41, 5.74) is 8.15. The summed E-state index contributed by atoms with van der Waals surface area (Å²) in [7, 11) is 1.75. The average Bonchev–Trinajstić information content (AvgIpc) is 2.09. The monoisotopic (exact) mass is 177 g/mol. The fourth-order valence-corrected chi connectivity index (χ4v) is 1.43. The Hall–Kier alpha value is -1.71. The van der Waals surface area contributed by atoms with E-state index in [0.717, 1.165) is 11.3 Å². The van der Waals surface area contributed by atoms with Crippen LogP contribution in [-0.4, -0.2) is 18.0 Å². The van der Waals surface area contributed by atoms with Crippen molar-refractivity contribution < 1.29 is 4.79 Å². The van der Waals surface area contributed by atoms with E-state index in [-0.39, 0.29) is 6.03 Å². The molecule has 0 aromatic heterocycles. The molecule has 1 aliphatic rings. The van der Waals surface area contributed by atoms with Crippen molar-refractivity contribution >= 4 is 17.4 Å². The fourth-order valence-electron chi connectivity index (χ4n) is 1.43. The highest BCUT2D eigenvalue weighted by Crippen LogP contribution is 2.27. The Morgan fingerprint density at radius 3 is 3.08 bits per heavy atom. The predicted molar refractivity (Wildman–Crippen MR) is 51.3 cm³/mol. The summed E-state index contributed by atoms with van der Waals surface area (Å²) in [5.74, 6) is 0. The summed E-state index contributed by atoms with van der Waals surface area (Å²) in [4.78, 5) is 12.9. The predicted octanol–water partition coefficient (Wildman–Crippen LogP) is 1.25. The van der Waals surface area contributed by atoms with Crippen molar-refractivity contribution in [1.29, 1.82) is 0 Å². The van der Waals surface area contributed by atoms with E-state index in [0.29, 0.717) is 12.2 Å².